The zero-order valence-electron chi connectivity index (χ0n) is 13.5. The van der Waals surface area contributed by atoms with Gasteiger partial charge >= 0.3 is 0 Å². The van der Waals surface area contributed by atoms with Crippen LogP contribution in [0, 0.1) is 35.5 Å². The fourth-order valence-electron chi connectivity index (χ4n) is 6.37. The van der Waals surface area contributed by atoms with Gasteiger partial charge in [0.1, 0.15) is 0 Å². The highest BCUT2D eigenvalue weighted by Crippen LogP contribution is 2.56. The molecule has 5 aliphatic carbocycles. The smallest absolute Gasteiger partial charge is 0.223 e. The number of hydrogen-bond donors (Lipinski definition) is 1. The number of amides is 1. The molecule has 118 valence electrons. The quantitative estimate of drug-likeness (QED) is 0.831. The van der Waals surface area contributed by atoms with Crippen molar-refractivity contribution in [3.63, 3.8) is 0 Å². The maximum Gasteiger partial charge on any atom is 0.223 e. The van der Waals surface area contributed by atoms with E-state index >= 15 is 0 Å². The van der Waals surface area contributed by atoms with Gasteiger partial charge < -0.3 is 5.32 Å². The summed E-state index contributed by atoms with van der Waals surface area (Å²) in [5, 5.41) is 3.45. The zero-order chi connectivity index (χ0) is 14.4. The normalized spacial score (nSPS) is 48.3. The first-order valence-electron chi connectivity index (χ1n) is 9.53. The molecule has 2 heteroatoms. The molecule has 5 rings (SSSR count). The van der Waals surface area contributed by atoms with Gasteiger partial charge in [-0.1, -0.05) is 13.3 Å². The summed E-state index contributed by atoms with van der Waals surface area (Å²) in [4.78, 5) is 12.8. The monoisotopic (exact) mass is 289 g/mol. The molecule has 1 amide bonds. The minimum absolute atomic E-state index is 0.377. The molecule has 0 aliphatic heterocycles. The highest BCUT2D eigenvalue weighted by Gasteiger charge is 2.50. The van der Waals surface area contributed by atoms with E-state index in [0.717, 1.165) is 29.6 Å². The standard InChI is InChI=1S/C19H31NO/c1-2-12-3-5-17(6-4-12)20-19(21)18-15-8-13-7-14(10-15)11-16(18)9-13/h12-18H,2-11H2,1H3,(H,20,21). The zero-order valence-corrected chi connectivity index (χ0v) is 13.5. The van der Waals surface area contributed by atoms with Gasteiger partial charge in [-0.3, -0.25) is 4.79 Å². The second-order valence-electron chi connectivity index (χ2n) is 8.59. The van der Waals surface area contributed by atoms with Gasteiger partial charge in [0.05, 0.1) is 0 Å². The van der Waals surface area contributed by atoms with Crippen LogP contribution in [-0.2, 0) is 4.79 Å². The van der Waals surface area contributed by atoms with Gasteiger partial charge in [-0.2, -0.15) is 0 Å². The van der Waals surface area contributed by atoms with Crippen molar-refractivity contribution in [3.05, 3.63) is 0 Å². The molecule has 0 saturated heterocycles. The van der Waals surface area contributed by atoms with Crippen LogP contribution in [0.4, 0.5) is 0 Å². The summed E-state index contributed by atoms with van der Waals surface area (Å²) in [6, 6.07) is 0.484. The van der Waals surface area contributed by atoms with Crippen molar-refractivity contribution in [3.8, 4) is 0 Å². The highest BCUT2D eigenvalue weighted by atomic mass is 16.2. The topological polar surface area (TPSA) is 29.1 Å². The molecule has 0 aromatic carbocycles. The van der Waals surface area contributed by atoms with E-state index in [0.29, 0.717) is 17.9 Å². The van der Waals surface area contributed by atoms with Gasteiger partial charge in [0.25, 0.3) is 0 Å². The van der Waals surface area contributed by atoms with E-state index in [1.165, 1.54) is 64.2 Å². The van der Waals surface area contributed by atoms with Crippen LogP contribution >= 0.6 is 0 Å². The minimum atomic E-state index is 0.377. The lowest BCUT2D eigenvalue weighted by molar-refractivity contribution is -0.139. The molecule has 5 saturated carbocycles. The summed E-state index contributed by atoms with van der Waals surface area (Å²) in [6.07, 6.45) is 13.3. The first-order chi connectivity index (χ1) is 10.2. The Morgan fingerprint density at radius 2 is 1.48 bits per heavy atom. The molecule has 0 radical (unpaired) electrons. The average Bonchev–Trinajstić information content (AvgIpc) is 2.47. The molecule has 2 nitrogen and oxygen atoms in total. The molecule has 0 spiro atoms. The fraction of sp³-hybridized carbons (Fsp3) is 0.947. The van der Waals surface area contributed by atoms with Gasteiger partial charge in [0.2, 0.25) is 5.91 Å². The van der Waals surface area contributed by atoms with Crippen molar-refractivity contribution in [1.29, 1.82) is 0 Å². The minimum Gasteiger partial charge on any atom is -0.353 e. The summed E-state index contributed by atoms with van der Waals surface area (Å²) >= 11 is 0. The molecule has 0 heterocycles. The number of carbonyl (C=O) groups excluding carboxylic acids is 1. The van der Waals surface area contributed by atoms with Crippen LogP contribution in [-0.4, -0.2) is 11.9 Å². The highest BCUT2D eigenvalue weighted by molar-refractivity contribution is 5.80. The van der Waals surface area contributed by atoms with Crippen LogP contribution in [0.1, 0.15) is 71.1 Å². The molecule has 5 fully saturated rings. The summed E-state index contributed by atoms with van der Waals surface area (Å²) in [5.41, 5.74) is 0. The van der Waals surface area contributed by atoms with Crippen molar-refractivity contribution in [2.45, 2.75) is 77.2 Å². The predicted octanol–water partition coefficient (Wildman–Crippen LogP) is 4.14. The molecule has 21 heavy (non-hydrogen) atoms. The molecule has 5 aliphatic rings. The van der Waals surface area contributed by atoms with Gasteiger partial charge in [0, 0.05) is 12.0 Å². The lowest BCUT2D eigenvalue weighted by Gasteiger charge is -2.53. The van der Waals surface area contributed by atoms with Crippen LogP contribution in [0.15, 0.2) is 0 Å². The molecular weight excluding hydrogens is 258 g/mol. The van der Waals surface area contributed by atoms with Crippen molar-refractivity contribution < 1.29 is 4.79 Å². The maximum atomic E-state index is 12.8. The molecule has 0 atom stereocenters. The Hall–Kier alpha value is -0.530. The number of nitrogens with one attached hydrogen (secondary N) is 1. The predicted molar refractivity (Wildman–Crippen MR) is 84.7 cm³/mol. The molecule has 0 unspecified atom stereocenters. The van der Waals surface area contributed by atoms with Crippen molar-refractivity contribution in [2.24, 2.45) is 35.5 Å². The van der Waals surface area contributed by atoms with Crippen LogP contribution < -0.4 is 5.32 Å². The number of carbonyl (C=O) groups is 1. The summed E-state index contributed by atoms with van der Waals surface area (Å²) in [5.74, 6) is 5.12. The van der Waals surface area contributed by atoms with E-state index in [-0.39, 0.29) is 0 Å². The third kappa shape index (κ3) is 2.64. The second kappa shape index (κ2) is 5.59. The SMILES string of the molecule is CCC1CCC(NC(=O)C2C3CC4CC(C3)CC2C4)CC1. The lowest BCUT2D eigenvalue weighted by atomic mass is 9.51. The first kappa shape index (κ1) is 14.1. The molecule has 4 bridgehead atoms. The summed E-state index contributed by atoms with van der Waals surface area (Å²) in [7, 11) is 0. The van der Waals surface area contributed by atoms with Gasteiger partial charge in [-0.05, 0) is 87.4 Å². The largest absolute Gasteiger partial charge is 0.353 e. The van der Waals surface area contributed by atoms with Crippen LogP contribution in [0.5, 0.6) is 0 Å². The van der Waals surface area contributed by atoms with E-state index in [1.807, 2.05) is 0 Å². The first-order valence-corrected chi connectivity index (χ1v) is 9.53. The van der Waals surface area contributed by atoms with E-state index < -0.39 is 0 Å². The van der Waals surface area contributed by atoms with E-state index in [4.69, 9.17) is 0 Å². The van der Waals surface area contributed by atoms with Crippen LogP contribution in [0.3, 0.4) is 0 Å². The third-order valence-electron chi connectivity index (χ3n) is 7.30. The molecule has 0 aromatic heterocycles. The van der Waals surface area contributed by atoms with E-state index in [9.17, 15) is 4.79 Å². The number of rotatable bonds is 3. The Balaban J connectivity index is 1.35. The molecular formula is C19H31NO. The van der Waals surface area contributed by atoms with Crippen molar-refractivity contribution >= 4 is 5.91 Å². The number of hydrogen-bond acceptors (Lipinski definition) is 1. The van der Waals surface area contributed by atoms with Crippen LogP contribution in [0.2, 0.25) is 0 Å². The fourth-order valence-corrected chi connectivity index (χ4v) is 6.37. The van der Waals surface area contributed by atoms with E-state index in [1.54, 1.807) is 0 Å². The average molecular weight is 289 g/mol. The summed E-state index contributed by atoms with van der Waals surface area (Å²) in [6.45, 7) is 2.30. The van der Waals surface area contributed by atoms with Gasteiger partial charge in [0.15, 0.2) is 0 Å². The second-order valence-corrected chi connectivity index (χ2v) is 8.59. The van der Waals surface area contributed by atoms with Crippen molar-refractivity contribution in [2.75, 3.05) is 0 Å². The Kier molecular flexibility index (Phi) is 3.75. The molecule has 0 aromatic rings. The van der Waals surface area contributed by atoms with Gasteiger partial charge in [-0.15, -0.1) is 0 Å². The maximum absolute atomic E-state index is 12.8. The third-order valence-corrected chi connectivity index (χ3v) is 7.30. The van der Waals surface area contributed by atoms with Gasteiger partial charge in [-0.25, -0.2) is 0 Å². The Labute approximate surface area is 129 Å². The van der Waals surface area contributed by atoms with Crippen molar-refractivity contribution in [1.82, 2.24) is 5.32 Å². The van der Waals surface area contributed by atoms with Crippen LogP contribution in [0.25, 0.3) is 0 Å². The lowest BCUT2D eigenvalue weighted by Crippen LogP contribution is -2.52. The Bertz CT molecular complexity index is 368. The Morgan fingerprint density at radius 3 is 2.00 bits per heavy atom. The summed E-state index contributed by atoms with van der Waals surface area (Å²) < 4.78 is 0. The van der Waals surface area contributed by atoms with E-state index in [2.05, 4.69) is 12.2 Å². The molecule has 1 N–H and O–H groups in total. The Morgan fingerprint density at radius 1 is 0.905 bits per heavy atom.